The molecule has 2 fully saturated rings. The molecule has 3 heterocycles. The molecular formula is C28H33N5OS. The number of carbonyl (C=O) groups is 1. The molecule has 182 valence electrons. The SMILES string of the molecule is Cc1cccc(NC(=O)CCN2C(=S)N[C@@H](c3ccccn3)[C@H]2c2cccn2C2CCCCC2)c1. The highest BCUT2D eigenvalue weighted by Crippen LogP contribution is 2.41. The lowest BCUT2D eigenvalue weighted by Crippen LogP contribution is -2.33. The molecule has 6 nitrogen and oxygen atoms in total. The van der Waals surface area contributed by atoms with Gasteiger partial charge in [0, 0.05) is 42.8 Å². The molecule has 0 spiro atoms. The minimum absolute atomic E-state index is 0.0129. The first-order valence-corrected chi connectivity index (χ1v) is 13.0. The maximum atomic E-state index is 12.8. The van der Waals surface area contributed by atoms with E-state index in [4.69, 9.17) is 12.2 Å². The van der Waals surface area contributed by atoms with E-state index in [2.05, 4.69) is 49.5 Å². The van der Waals surface area contributed by atoms with Crippen LogP contribution in [0.25, 0.3) is 0 Å². The average Bonchev–Trinajstić information content (AvgIpc) is 3.48. The molecule has 3 aromatic rings. The van der Waals surface area contributed by atoms with E-state index in [-0.39, 0.29) is 18.0 Å². The first kappa shape index (κ1) is 23.5. The molecule has 1 saturated carbocycles. The quantitative estimate of drug-likeness (QED) is 0.419. The molecule has 2 aliphatic rings. The predicted molar refractivity (Wildman–Crippen MR) is 143 cm³/mol. The van der Waals surface area contributed by atoms with Crippen molar-refractivity contribution in [3.05, 3.63) is 83.9 Å². The number of carbonyl (C=O) groups excluding carboxylic acids is 1. The molecule has 1 aromatic carbocycles. The Morgan fingerprint density at radius 1 is 1.11 bits per heavy atom. The summed E-state index contributed by atoms with van der Waals surface area (Å²) < 4.78 is 2.45. The van der Waals surface area contributed by atoms with Gasteiger partial charge in [-0.2, -0.15) is 0 Å². The average molecular weight is 488 g/mol. The normalized spacial score (nSPS) is 20.6. The van der Waals surface area contributed by atoms with Crippen molar-refractivity contribution < 1.29 is 4.79 Å². The van der Waals surface area contributed by atoms with Gasteiger partial charge < -0.3 is 20.1 Å². The molecule has 2 atom stereocenters. The number of aromatic nitrogens is 2. The van der Waals surface area contributed by atoms with Crippen LogP contribution in [0.2, 0.25) is 0 Å². The van der Waals surface area contributed by atoms with Crippen molar-refractivity contribution >= 4 is 28.9 Å². The lowest BCUT2D eigenvalue weighted by atomic mass is 9.94. The molecule has 1 aliphatic heterocycles. The number of hydrogen-bond donors (Lipinski definition) is 2. The molecular weight excluding hydrogens is 454 g/mol. The van der Waals surface area contributed by atoms with Crippen molar-refractivity contribution in [1.82, 2.24) is 19.8 Å². The second kappa shape index (κ2) is 10.6. The number of hydrogen-bond acceptors (Lipinski definition) is 3. The van der Waals surface area contributed by atoms with Gasteiger partial charge in [-0.1, -0.05) is 37.5 Å². The Hall–Kier alpha value is -3.19. The van der Waals surface area contributed by atoms with Gasteiger partial charge in [-0.25, -0.2) is 0 Å². The molecule has 0 unspecified atom stereocenters. The zero-order valence-corrected chi connectivity index (χ0v) is 21.0. The molecule has 1 saturated heterocycles. The fourth-order valence-electron chi connectivity index (χ4n) is 5.49. The maximum Gasteiger partial charge on any atom is 0.226 e. The third kappa shape index (κ3) is 5.25. The van der Waals surface area contributed by atoms with Gasteiger partial charge in [0.2, 0.25) is 5.91 Å². The van der Waals surface area contributed by atoms with Crippen molar-refractivity contribution in [3.63, 3.8) is 0 Å². The van der Waals surface area contributed by atoms with E-state index < -0.39 is 0 Å². The lowest BCUT2D eigenvalue weighted by molar-refractivity contribution is -0.116. The maximum absolute atomic E-state index is 12.8. The smallest absolute Gasteiger partial charge is 0.226 e. The van der Waals surface area contributed by atoms with Crippen molar-refractivity contribution in [3.8, 4) is 0 Å². The molecule has 1 amide bonds. The number of anilines is 1. The summed E-state index contributed by atoms with van der Waals surface area (Å²) >= 11 is 5.81. The number of pyridine rings is 1. The molecule has 5 rings (SSSR count). The lowest BCUT2D eigenvalue weighted by Gasteiger charge is -2.32. The van der Waals surface area contributed by atoms with Crippen molar-refractivity contribution in [2.75, 3.05) is 11.9 Å². The van der Waals surface area contributed by atoms with Crippen LogP contribution in [-0.2, 0) is 4.79 Å². The Kier molecular flexibility index (Phi) is 7.13. The summed E-state index contributed by atoms with van der Waals surface area (Å²) in [5.41, 5.74) is 4.14. The summed E-state index contributed by atoms with van der Waals surface area (Å²) in [6.45, 7) is 2.56. The van der Waals surface area contributed by atoms with Crippen LogP contribution in [0.3, 0.4) is 0 Å². The highest BCUT2D eigenvalue weighted by Gasteiger charge is 2.41. The Morgan fingerprint density at radius 2 is 1.97 bits per heavy atom. The van der Waals surface area contributed by atoms with Crippen LogP contribution in [0.15, 0.2) is 67.0 Å². The number of thiocarbonyl (C=S) groups is 1. The van der Waals surface area contributed by atoms with Gasteiger partial charge >= 0.3 is 0 Å². The van der Waals surface area contributed by atoms with Crippen LogP contribution in [0.4, 0.5) is 5.69 Å². The zero-order valence-electron chi connectivity index (χ0n) is 20.2. The number of amides is 1. The van der Waals surface area contributed by atoms with Gasteiger partial charge in [-0.3, -0.25) is 9.78 Å². The van der Waals surface area contributed by atoms with Gasteiger partial charge in [0.1, 0.15) is 0 Å². The van der Waals surface area contributed by atoms with Crippen LogP contribution in [-0.4, -0.2) is 32.0 Å². The standard InChI is InChI=1S/C28H33N5OS/c1-20-9-7-10-21(19-20)30-25(34)15-18-33-27(26(31-28(33)35)23-13-5-6-16-29-23)24-14-8-17-32(24)22-11-3-2-4-12-22/h5-10,13-14,16-17,19,22,26-27H,2-4,11-12,15,18H2,1H3,(H,30,34)(H,31,35)/t26-,27+/m0/s1. The topological polar surface area (TPSA) is 62.2 Å². The van der Waals surface area contributed by atoms with E-state index in [1.165, 1.54) is 37.8 Å². The third-order valence-corrected chi connectivity index (χ3v) is 7.51. The highest BCUT2D eigenvalue weighted by atomic mass is 32.1. The molecule has 7 heteroatoms. The number of benzene rings is 1. The van der Waals surface area contributed by atoms with E-state index in [1.54, 1.807) is 0 Å². The molecule has 35 heavy (non-hydrogen) atoms. The van der Waals surface area contributed by atoms with Gasteiger partial charge in [0.25, 0.3) is 0 Å². The van der Waals surface area contributed by atoms with Crippen LogP contribution >= 0.6 is 12.2 Å². The van der Waals surface area contributed by atoms with Gasteiger partial charge in [0.05, 0.1) is 17.8 Å². The summed E-state index contributed by atoms with van der Waals surface area (Å²) in [7, 11) is 0. The summed E-state index contributed by atoms with van der Waals surface area (Å²) in [4.78, 5) is 19.7. The van der Waals surface area contributed by atoms with Gasteiger partial charge in [0.15, 0.2) is 5.11 Å². The first-order chi connectivity index (χ1) is 17.1. The molecule has 0 radical (unpaired) electrons. The second-order valence-electron chi connectivity index (χ2n) is 9.62. The summed E-state index contributed by atoms with van der Waals surface area (Å²) in [5.74, 6) is -0.0129. The van der Waals surface area contributed by atoms with Crippen LogP contribution in [0.1, 0.15) is 73.6 Å². The number of nitrogens with zero attached hydrogens (tertiary/aromatic N) is 3. The van der Waals surface area contributed by atoms with Crippen molar-refractivity contribution in [2.45, 2.75) is 63.6 Å². The minimum atomic E-state index is -0.0687. The Bertz CT molecular complexity index is 1170. The first-order valence-electron chi connectivity index (χ1n) is 12.6. The van der Waals surface area contributed by atoms with Crippen molar-refractivity contribution in [1.29, 1.82) is 0 Å². The fourth-order valence-corrected chi connectivity index (χ4v) is 5.82. The number of rotatable bonds is 7. The van der Waals surface area contributed by atoms with E-state index in [0.717, 1.165) is 16.9 Å². The number of aryl methyl sites for hydroxylation is 1. The van der Waals surface area contributed by atoms with Gasteiger partial charge in [-0.05, 0) is 73.9 Å². The fraction of sp³-hybridized carbons (Fsp3) is 0.393. The third-order valence-electron chi connectivity index (χ3n) is 7.16. The van der Waals surface area contributed by atoms with E-state index >= 15 is 0 Å². The zero-order chi connectivity index (χ0) is 24.2. The van der Waals surface area contributed by atoms with E-state index in [0.29, 0.717) is 24.1 Å². The largest absolute Gasteiger partial charge is 0.352 e. The second-order valence-corrected chi connectivity index (χ2v) is 10.0. The highest BCUT2D eigenvalue weighted by molar-refractivity contribution is 7.80. The molecule has 1 aliphatic carbocycles. The molecule has 0 bridgehead atoms. The monoisotopic (exact) mass is 487 g/mol. The van der Waals surface area contributed by atoms with Crippen LogP contribution in [0, 0.1) is 6.92 Å². The van der Waals surface area contributed by atoms with Crippen molar-refractivity contribution in [2.24, 2.45) is 0 Å². The van der Waals surface area contributed by atoms with E-state index in [9.17, 15) is 4.79 Å². The number of nitrogens with one attached hydrogen (secondary N) is 2. The summed E-state index contributed by atoms with van der Waals surface area (Å²) in [6.07, 6.45) is 10.7. The van der Waals surface area contributed by atoms with Crippen LogP contribution in [0.5, 0.6) is 0 Å². The Morgan fingerprint density at radius 3 is 2.74 bits per heavy atom. The predicted octanol–water partition coefficient (Wildman–Crippen LogP) is 5.70. The minimum Gasteiger partial charge on any atom is -0.352 e. The summed E-state index contributed by atoms with van der Waals surface area (Å²) in [6, 6.07) is 18.7. The van der Waals surface area contributed by atoms with Gasteiger partial charge in [-0.15, -0.1) is 0 Å². The molecule has 2 N–H and O–H groups in total. The Labute approximate surface area is 212 Å². The summed E-state index contributed by atoms with van der Waals surface area (Å²) in [5, 5.41) is 7.22. The molecule has 2 aromatic heterocycles. The Balaban J connectivity index is 1.39. The van der Waals surface area contributed by atoms with E-state index in [1.807, 2.05) is 49.5 Å². The van der Waals surface area contributed by atoms with Crippen LogP contribution < -0.4 is 10.6 Å².